The first-order valence-corrected chi connectivity index (χ1v) is 11.4. The Balaban J connectivity index is 1.28. The molecular formula is C22H24N2O4S. The van der Waals surface area contributed by atoms with Crippen LogP contribution in [-0.4, -0.2) is 38.9 Å². The van der Waals surface area contributed by atoms with Gasteiger partial charge >= 0.3 is 0 Å². The van der Waals surface area contributed by atoms with Crippen molar-refractivity contribution in [2.75, 3.05) is 19.6 Å². The lowest BCUT2D eigenvalue weighted by Crippen LogP contribution is -2.41. The fourth-order valence-electron chi connectivity index (χ4n) is 3.67. The predicted molar refractivity (Wildman–Crippen MR) is 112 cm³/mol. The third kappa shape index (κ3) is 4.86. The number of furan rings is 1. The van der Waals surface area contributed by atoms with Gasteiger partial charge in [-0.15, -0.1) is 0 Å². The van der Waals surface area contributed by atoms with Crippen LogP contribution in [0.25, 0.3) is 11.0 Å². The molecule has 0 saturated carbocycles. The first-order chi connectivity index (χ1) is 14.0. The van der Waals surface area contributed by atoms with Gasteiger partial charge in [0.1, 0.15) is 5.58 Å². The molecule has 3 aromatic rings. The Kier molecular flexibility index (Phi) is 5.69. The van der Waals surface area contributed by atoms with E-state index in [4.69, 9.17) is 4.42 Å². The monoisotopic (exact) mass is 412 g/mol. The molecule has 0 radical (unpaired) electrons. The predicted octanol–water partition coefficient (Wildman–Crippen LogP) is 3.40. The lowest BCUT2D eigenvalue weighted by Gasteiger charge is -2.31. The molecule has 1 aromatic heterocycles. The van der Waals surface area contributed by atoms with Gasteiger partial charge < -0.3 is 9.32 Å². The van der Waals surface area contributed by atoms with Crippen LogP contribution in [-0.2, 0) is 15.8 Å². The number of carbonyl (C=O) groups is 1. The molecule has 0 spiro atoms. The Labute approximate surface area is 170 Å². The molecule has 0 unspecified atom stereocenters. The minimum atomic E-state index is -3.37. The standard InChI is InChI=1S/C22H24N2O4S/c25-22(21-14-19-8-4-5-9-20(19)28-21)24-12-10-17(11-13-24)15-23-29(26,27)16-18-6-2-1-3-7-18/h1-9,14,17,23H,10-13,15-16H2. The van der Waals surface area contributed by atoms with E-state index >= 15 is 0 Å². The maximum Gasteiger partial charge on any atom is 0.289 e. The van der Waals surface area contributed by atoms with E-state index in [0.717, 1.165) is 23.8 Å². The summed E-state index contributed by atoms with van der Waals surface area (Å²) in [7, 11) is -3.37. The smallest absolute Gasteiger partial charge is 0.289 e. The molecule has 1 fully saturated rings. The number of fused-ring (bicyclic) bond motifs is 1. The van der Waals surface area contributed by atoms with Crippen molar-refractivity contribution in [3.05, 3.63) is 72.0 Å². The van der Waals surface area contributed by atoms with Crippen molar-refractivity contribution in [1.82, 2.24) is 9.62 Å². The zero-order valence-corrected chi connectivity index (χ0v) is 16.9. The van der Waals surface area contributed by atoms with Gasteiger partial charge in [0.25, 0.3) is 5.91 Å². The second-order valence-corrected chi connectivity index (χ2v) is 9.28. The zero-order valence-electron chi connectivity index (χ0n) is 16.1. The fourth-order valence-corrected chi connectivity index (χ4v) is 4.90. The van der Waals surface area contributed by atoms with Crippen molar-refractivity contribution < 1.29 is 17.6 Å². The van der Waals surface area contributed by atoms with Crippen molar-refractivity contribution in [2.24, 2.45) is 5.92 Å². The molecule has 1 N–H and O–H groups in total. The Morgan fingerprint density at radius 3 is 2.45 bits per heavy atom. The number of nitrogens with zero attached hydrogens (tertiary/aromatic N) is 1. The number of hydrogen-bond acceptors (Lipinski definition) is 4. The van der Waals surface area contributed by atoms with E-state index in [1.807, 2.05) is 42.5 Å². The number of piperidine rings is 1. The van der Waals surface area contributed by atoms with Crippen LogP contribution in [0.5, 0.6) is 0 Å². The number of likely N-dealkylation sites (tertiary alicyclic amines) is 1. The zero-order chi connectivity index (χ0) is 20.3. The van der Waals surface area contributed by atoms with Crippen LogP contribution in [0.4, 0.5) is 0 Å². The first kappa shape index (κ1) is 19.7. The normalized spacial score (nSPS) is 15.7. The summed E-state index contributed by atoms with van der Waals surface area (Å²) in [4.78, 5) is 14.5. The molecule has 0 atom stereocenters. The van der Waals surface area contributed by atoms with Gasteiger partial charge in [-0.25, -0.2) is 13.1 Å². The van der Waals surface area contributed by atoms with Crippen LogP contribution in [0.1, 0.15) is 29.0 Å². The summed E-state index contributed by atoms with van der Waals surface area (Å²) in [6.45, 7) is 1.60. The van der Waals surface area contributed by atoms with E-state index in [9.17, 15) is 13.2 Å². The number of para-hydroxylation sites is 1. The third-order valence-electron chi connectivity index (χ3n) is 5.33. The molecule has 2 heterocycles. The van der Waals surface area contributed by atoms with E-state index in [-0.39, 0.29) is 17.6 Å². The molecule has 0 bridgehead atoms. The molecular weight excluding hydrogens is 388 g/mol. The Morgan fingerprint density at radius 1 is 1.03 bits per heavy atom. The quantitative estimate of drug-likeness (QED) is 0.673. The molecule has 1 saturated heterocycles. The molecule has 1 amide bonds. The Hall–Kier alpha value is -2.64. The average molecular weight is 413 g/mol. The van der Waals surface area contributed by atoms with E-state index in [1.165, 1.54) is 0 Å². The molecule has 1 aliphatic heterocycles. The molecule has 29 heavy (non-hydrogen) atoms. The van der Waals surface area contributed by atoms with Gasteiger partial charge in [-0.3, -0.25) is 4.79 Å². The van der Waals surface area contributed by atoms with Gasteiger partial charge in [-0.05, 0) is 36.5 Å². The van der Waals surface area contributed by atoms with Crippen molar-refractivity contribution in [2.45, 2.75) is 18.6 Å². The maximum absolute atomic E-state index is 12.7. The number of carbonyl (C=O) groups excluding carboxylic acids is 1. The lowest BCUT2D eigenvalue weighted by molar-refractivity contribution is 0.0662. The summed E-state index contributed by atoms with van der Waals surface area (Å²) in [6, 6.07) is 18.5. The van der Waals surface area contributed by atoms with E-state index in [0.29, 0.717) is 31.0 Å². The summed E-state index contributed by atoms with van der Waals surface area (Å²) in [5.74, 6) is 0.454. The first-order valence-electron chi connectivity index (χ1n) is 9.79. The second-order valence-electron chi connectivity index (χ2n) is 7.48. The van der Waals surface area contributed by atoms with Gasteiger partial charge in [-0.2, -0.15) is 0 Å². The van der Waals surface area contributed by atoms with Crippen LogP contribution in [0, 0.1) is 5.92 Å². The molecule has 2 aromatic carbocycles. The molecule has 7 heteroatoms. The highest BCUT2D eigenvalue weighted by molar-refractivity contribution is 7.88. The van der Waals surface area contributed by atoms with Crippen molar-refractivity contribution in [3.63, 3.8) is 0 Å². The maximum atomic E-state index is 12.7. The highest BCUT2D eigenvalue weighted by Crippen LogP contribution is 2.23. The Bertz CT molecular complexity index is 1050. The van der Waals surface area contributed by atoms with Crippen LogP contribution < -0.4 is 4.72 Å². The Morgan fingerprint density at radius 2 is 1.72 bits per heavy atom. The molecule has 4 rings (SSSR count). The highest BCUT2D eigenvalue weighted by atomic mass is 32.2. The van der Waals surface area contributed by atoms with Crippen molar-refractivity contribution >= 4 is 26.9 Å². The SMILES string of the molecule is O=C(c1cc2ccccc2o1)N1CCC(CNS(=O)(=O)Cc2ccccc2)CC1. The van der Waals surface area contributed by atoms with Crippen LogP contribution >= 0.6 is 0 Å². The highest BCUT2D eigenvalue weighted by Gasteiger charge is 2.26. The number of rotatable bonds is 6. The second kappa shape index (κ2) is 8.39. The van der Waals surface area contributed by atoms with Gasteiger partial charge in [0.05, 0.1) is 5.75 Å². The number of nitrogens with one attached hydrogen (secondary N) is 1. The van der Waals surface area contributed by atoms with Crippen LogP contribution in [0.2, 0.25) is 0 Å². The van der Waals surface area contributed by atoms with Gasteiger partial charge in [-0.1, -0.05) is 48.5 Å². The average Bonchev–Trinajstić information content (AvgIpc) is 3.17. The lowest BCUT2D eigenvalue weighted by atomic mass is 9.97. The largest absolute Gasteiger partial charge is 0.451 e. The third-order valence-corrected chi connectivity index (χ3v) is 6.65. The number of benzene rings is 2. The van der Waals surface area contributed by atoms with Crippen LogP contribution in [0.15, 0.2) is 65.1 Å². The molecule has 1 aliphatic rings. The molecule has 6 nitrogen and oxygen atoms in total. The fraction of sp³-hybridized carbons (Fsp3) is 0.318. The van der Waals surface area contributed by atoms with Crippen molar-refractivity contribution in [3.8, 4) is 0 Å². The summed E-state index contributed by atoms with van der Waals surface area (Å²) in [5.41, 5.74) is 1.48. The number of sulfonamides is 1. The summed E-state index contributed by atoms with van der Waals surface area (Å²) >= 11 is 0. The van der Waals surface area contributed by atoms with Gasteiger partial charge in [0.2, 0.25) is 10.0 Å². The summed E-state index contributed by atoms with van der Waals surface area (Å²) < 4.78 is 33.0. The van der Waals surface area contributed by atoms with E-state index in [1.54, 1.807) is 23.1 Å². The minimum absolute atomic E-state index is 0.0166. The van der Waals surface area contributed by atoms with Gasteiger partial charge in [0.15, 0.2) is 5.76 Å². The topological polar surface area (TPSA) is 79.6 Å². The minimum Gasteiger partial charge on any atom is -0.451 e. The number of hydrogen-bond donors (Lipinski definition) is 1. The summed E-state index contributed by atoms with van der Waals surface area (Å²) in [5, 5.41) is 0.915. The van der Waals surface area contributed by atoms with E-state index in [2.05, 4.69) is 4.72 Å². The molecule has 0 aliphatic carbocycles. The van der Waals surface area contributed by atoms with E-state index < -0.39 is 10.0 Å². The molecule has 152 valence electrons. The summed E-state index contributed by atoms with van der Waals surface area (Å²) in [6.07, 6.45) is 1.53. The number of amides is 1. The van der Waals surface area contributed by atoms with Crippen LogP contribution in [0.3, 0.4) is 0 Å². The van der Waals surface area contributed by atoms with Crippen molar-refractivity contribution in [1.29, 1.82) is 0 Å². The van der Waals surface area contributed by atoms with Gasteiger partial charge in [0, 0.05) is 25.0 Å².